The molecule has 55 heavy (non-hydrogen) atoms. The lowest BCUT2D eigenvalue weighted by molar-refractivity contribution is -0.136. The third-order valence-corrected chi connectivity index (χ3v) is 10.5. The topological polar surface area (TPSA) is 170 Å². The number of pyridine rings is 1. The van der Waals surface area contributed by atoms with E-state index in [4.69, 9.17) is 18.9 Å². The van der Waals surface area contributed by atoms with E-state index in [2.05, 4.69) is 55.6 Å². The molecule has 2 fully saturated rings. The van der Waals surface area contributed by atoms with Gasteiger partial charge in [0.25, 0.3) is 17.4 Å². The first-order chi connectivity index (χ1) is 26.7. The lowest BCUT2D eigenvalue weighted by Crippen LogP contribution is -2.54. The Morgan fingerprint density at radius 1 is 0.873 bits per heavy atom. The van der Waals surface area contributed by atoms with Gasteiger partial charge < -0.3 is 29.2 Å². The SMILES string of the molecule is CN1C[C@H](Nc2nc3ccccn3c(=O)c2Br)C[C@H](c2cccc(OCCOCCOCCOc3cccc4c3C(=O)N(C3CCC(=O)NC3=O)C4=O)c2)C1. The summed E-state index contributed by atoms with van der Waals surface area (Å²) in [7, 11) is 2.09. The van der Waals surface area contributed by atoms with Gasteiger partial charge in [-0.25, -0.2) is 4.98 Å². The molecule has 288 valence electrons. The first-order valence-corrected chi connectivity index (χ1v) is 18.9. The van der Waals surface area contributed by atoms with Crippen molar-refractivity contribution >= 4 is 51.0 Å². The van der Waals surface area contributed by atoms with Crippen LogP contribution in [-0.2, 0) is 19.1 Å². The van der Waals surface area contributed by atoms with Crippen LogP contribution in [0.4, 0.5) is 5.82 Å². The van der Waals surface area contributed by atoms with Crippen molar-refractivity contribution in [2.45, 2.75) is 37.3 Å². The Hall–Kier alpha value is -5.16. The van der Waals surface area contributed by atoms with E-state index in [-0.39, 0.29) is 60.5 Å². The minimum Gasteiger partial charge on any atom is -0.491 e. The van der Waals surface area contributed by atoms with Gasteiger partial charge in [-0.15, -0.1) is 0 Å². The van der Waals surface area contributed by atoms with Gasteiger partial charge in [0.1, 0.15) is 46.7 Å². The number of hydrogen-bond donors (Lipinski definition) is 2. The molecule has 2 saturated heterocycles. The zero-order valence-corrected chi connectivity index (χ0v) is 31.8. The van der Waals surface area contributed by atoms with E-state index in [1.54, 1.807) is 24.4 Å². The van der Waals surface area contributed by atoms with Gasteiger partial charge in [-0.1, -0.05) is 24.3 Å². The van der Waals surface area contributed by atoms with E-state index in [1.807, 2.05) is 24.3 Å². The van der Waals surface area contributed by atoms with Crippen LogP contribution in [-0.4, -0.2) is 115 Å². The number of carbonyl (C=O) groups is 4. The summed E-state index contributed by atoms with van der Waals surface area (Å²) in [6.45, 7) is 3.43. The van der Waals surface area contributed by atoms with Gasteiger partial charge >= 0.3 is 0 Å². The number of ether oxygens (including phenoxy) is 4. The largest absolute Gasteiger partial charge is 0.491 e. The molecule has 0 bridgehead atoms. The Kier molecular flexibility index (Phi) is 11.9. The summed E-state index contributed by atoms with van der Waals surface area (Å²) in [4.78, 5) is 70.9. The highest BCUT2D eigenvalue weighted by Crippen LogP contribution is 2.34. The van der Waals surface area contributed by atoms with Crippen molar-refractivity contribution in [1.29, 1.82) is 0 Å². The number of amides is 4. The third-order valence-electron chi connectivity index (χ3n) is 9.77. The number of rotatable bonds is 15. The molecule has 0 saturated carbocycles. The van der Waals surface area contributed by atoms with Crippen LogP contribution in [0.2, 0.25) is 0 Å². The maximum absolute atomic E-state index is 13.2. The van der Waals surface area contributed by atoms with Crippen LogP contribution in [0, 0.1) is 0 Å². The van der Waals surface area contributed by atoms with Crippen LogP contribution >= 0.6 is 15.9 Å². The lowest BCUT2D eigenvalue weighted by Gasteiger charge is -2.36. The first kappa shape index (κ1) is 38.1. The molecule has 4 amide bonds. The van der Waals surface area contributed by atoms with E-state index in [0.717, 1.165) is 30.2 Å². The fourth-order valence-corrected chi connectivity index (χ4v) is 7.63. The van der Waals surface area contributed by atoms with Gasteiger partial charge in [0.2, 0.25) is 11.8 Å². The Morgan fingerprint density at radius 2 is 1.64 bits per heavy atom. The van der Waals surface area contributed by atoms with E-state index in [1.165, 1.54) is 16.0 Å². The second kappa shape index (κ2) is 17.1. The number of anilines is 1. The molecule has 2 aromatic carbocycles. The number of likely N-dealkylation sites (tertiary alicyclic amines) is 1. The number of benzene rings is 2. The smallest absolute Gasteiger partial charge is 0.274 e. The molecular formula is C39H41BrN6O9. The van der Waals surface area contributed by atoms with E-state index in [9.17, 15) is 24.0 Å². The second-order valence-electron chi connectivity index (χ2n) is 13.6. The van der Waals surface area contributed by atoms with Gasteiger partial charge in [0.15, 0.2) is 0 Å². The Labute approximate surface area is 325 Å². The number of carbonyl (C=O) groups excluding carboxylic acids is 4. The Morgan fingerprint density at radius 3 is 2.44 bits per heavy atom. The average molecular weight is 818 g/mol. The van der Waals surface area contributed by atoms with Crippen molar-refractivity contribution in [2.24, 2.45) is 0 Å². The molecule has 2 aromatic heterocycles. The monoisotopic (exact) mass is 816 g/mol. The van der Waals surface area contributed by atoms with Gasteiger partial charge in [-0.2, -0.15) is 0 Å². The summed E-state index contributed by atoms with van der Waals surface area (Å²) >= 11 is 3.45. The van der Waals surface area contributed by atoms with Crippen LogP contribution in [0.15, 0.2) is 76.1 Å². The number of nitrogens with zero attached hydrogens (tertiary/aromatic N) is 4. The molecule has 5 heterocycles. The van der Waals surface area contributed by atoms with Gasteiger partial charge in [0, 0.05) is 31.7 Å². The van der Waals surface area contributed by atoms with Crippen molar-refractivity contribution in [3.05, 3.63) is 98.4 Å². The number of halogens is 1. The molecule has 3 atom stereocenters. The van der Waals surface area contributed by atoms with Gasteiger partial charge in [0.05, 0.1) is 37.6 Å². The number of likely N-dealkylation sites (N-methyl/N-ethyl adjacent to an activating group) is 1. The zero-order chi connectivity index (χ0) is 38.5. The number of piperidine rings is 2. The highest BCUT2D eigenvalue weighted by Gasteiger charge is 2.46. The van der Waals surface area contributed by atoms with E-state index < -0.39 is 29.7 Å². The molecule has 4 aromatic rings. The fraction of sp³-hybridized carbons (Fsp3) is 0.385. The highest BCUT2D eigenvalue weighted by molar-refractivity contribution is 9.10. The predicted molar refractivity (Wildman–Crippen MR) is 204 cm³/mol. The third kappa shape index (κ3) is 8.57. The van der Waals surface area contributed by atoms with Crippen molar-refractivity contribution in [3.63, 3.8) is 0 Å². The standard InChI is InChI=1S/C39H41BrN6O9/c1-44-22-25(20-26(23-44)41-35-34(40)39(51)45-13-3-2-10-31(45)42-35)24-6-4-7-27(21-24)54-18-16-52-14-15-53-17-19-55-30-9-5-8-28-33(30)38(50)46(37(28)49)29-11-12-32(47)43-36(29)48/h2-10,13,21,25-26,29,41H,11-12,14-20,22-23H2,1H3,(H,43,47,48)/t25-,26+,29?/m0/s1. The second-order valence-corrected chi connectivity index (χ2v) is 14.4. The summed E-state index contributed by atoms with van der Waals surface area (Å²) in [6, 6.07) is 17.3. The zero-order valence-electron chi connectivity index (χ0n) is 30.2. The minimum atomic E-state index is -1.05. The number of aromatic nitrogens is 2. The molecule has 0 aliphatic carbocycles. The number of nitrogens with one attached hydrogen (secondary N) is 2. The van der Waals surface area contributed by atoms with Gasteiger partial charge in [-0.05, 0) is 83.7 Å². The van der Waals surface area contributed by atoms with Crippen LogP contribution in [0.5, 0.6) is 11.5 Å². The molecule has 16 heteroatoms. The van der Waals surface area contributed by atoms with Crippen molar-refractivity contribution in [3.8, 4) is 11.5 Å². The summed E-state index contributed by atoms with van der Waals surface area (Å²) < 4.78 is 25.0. The quantitative estimate of drug-likeness (QED) is 0.133. The Balaban J connectivity index is 0.815. The summed E-state index contributed by atoms with van der Waals surface area (Å²) in [5.74, 6) is -0.540. The molecule has 1 unspecified atom stereocenters. The molecule has 0 radical (unpaired) electrons. The van der Waals surface area contributed by atoms with Crippen molar-refractivity contribution < 1.29 is 38.1 Å². The maximum Gasteiger partial charge on any atom is 0.274 e. The maximum atomic E-state index is 13.2. The average Bonchev–Trinajstić information content (AvgIpc) is 3.43. The fourth-order valence-electron chi connectivity index (χ4n) is 7.24. The normalized spacial score (nSPS) is 20.1. The summed E-state index contributed by atoms with van der Waals surface area (Å²) in [5.41, 5.74) is 1.85. The van der Waals surface area contributed by atoms with Crippen LogP contribution in [0.3, 0.4) is 0 Å². The van der Waals surface area contributed by atoms with Crippen LogP contribution < -0.4 is 25.7 Å². The molecule has 0 spiro atoms. The van der Waals surface area contributed by atoms with E-state index >= 15 is 0 Å². The van der Waals surface area contributed by atoms with E-state index in [0.29, 0.717) is 42.4 Å². The number of hydrogen-bond acceptors (Lipinski definition) is 12. The number of fused-ring (bicyclic) bond motifs is 2. The first-order valence-electron chi connectivity index (χ1n) is 18.2. The Bertz CT molecular complexity index is 2160. The van der Waals surface area contributed by atoms with Crippen LogP contribution in [0.25, 0.3) is 5.65 Å². The molecule has 7 rings (SSSR count). The predicted octanol–water partition coefficient (Wildman–Crippen LogP) is 3.25. The molecule has 3 aliphatic rings. The summed E-state index contributed by atoms with van der Waals surface area (Å²) in [6.07, 6.45) is 2.69. The molecule has 3 aliphatic heterocycles. The summed E-state index contributed by atoms with van der Waals surface area (Å²) in [5, 5.41) is 5.70. The molecule has 15 nitrogen and oxygen atoms in total. The molecule has 2 N–H and O–H groups in total. The van der Waals surface area contributed by atoms with Gasteiger partial charge in [-0.3, -0.25) is 38.6 Å². The minimum absolute atomic E-state index is 0.0468. The highest BCUT2D eigenvalue weighted by atomic mass is 79.9. The van der Waals surface area contributed by atoms with Crippen molar-refractivity contribution in [2.75, 3.05) is 65.1 Å². The molecular weight excluding hydrogens is 776 g/mol. The lowest BCUT2D eigenvalue weighted by atomic mass is 9.88. The van der Waals surface area contributed by atoms with Crippen molar-refractivity contribution in [1.82, 2.24) is 24.5 Å². The number of imide groups is 2. The van der Waals surface area contributed by atoms with Crippen LogP contribution in [0.1, 0.15) is 51.5 Å².